The second-order valence-electron chi connectivity index (χ2n) is 5.69. The van der Waals surface area contributed by atoms with Gasteiger partial charge in [-0.1, -0.05) is 0 Å². The number of hydrogen-bond acceptors (Lipinski definition) is 6. The highest BCUT2D eigenvalue weighted by Crippen LogP contribution is 2.35. The highest BCUT2D eigenvalue weighted by molar-refractivity contribution is 6.28. The van der Waals surface area contributed by atoms with E-state index in [0.717, 1.165) is 42.3 Å². The lowest BCUT2D eigenvalue weighted by Gasteiger charge is -2.36. The Morgan fingerprint density at radius 1 is 1.36 bits per heavy atom. The van der Waals surface area contributed by atoms with Gasteiger partial charge in [0.2, 0.25) is 5.28 Å². The number of halogens is 1. The summed E-state index contributed by atoms with van der Waals surface area (Å²) in [4.78, 5) is 11.2. The predicted octanol–water partition coefficient (Wildman–Crippen LogP) is 1.36. The topological polar surface area (TPSA) is 82.1 Å². The van der Waals surface area contributed by atoms with Crippen LogP contribution in [0.25, 0.3) is 11.4 Å². The van der Waals surface area contributed by atoms with E-state index in [1.54, 1.807) is 0 Å². The number of ether oxygens (including phenoxy) is 1. The van der Waals surface area contributed by atoms with Crippen molar-refractivity contribution in [2.45, 2.75) is 25.9 Å². The zero-order valence-corrected chi connectivity index (χ0v) is 13.0. The van der Waals surface area contributed by atoms with Crippen molar-refractivity contribution in [2.75, 3.05) is 30.4 Å². The van der Waals surface area contributed by atoms with Gasteiger partial charge in [-0.05, 0) is 24.9 Å². The molecule has 2 aliphatic rings. The molecule has 1 atom stereocenters. The summed E-state index contributed by atoms with van der Waals surface area (Å²) in [6, 6.07) is 2.11. The van der Waals surface area contributed by atoms with Crippen molar-refractivity contribution in [1.29, 1.82) is 0 Å². The van der Waals surface area contributed by atoms with Crippen molar-refractivity contribution in [3.63, 3.8) is 0 Å². The third-order valence-electron chi connectivity index (χ3n) is 4.21. The molecule has 0 spiro atoms. The maximum Gasteiger partial charge on any atom is 0.224 e. The molecule has 8 heteroatoms. The molecule has 22 heavy (non-hydrogen) atoms. The Bertz CT molecular complexity index is 730. The number of rotatable bonds is 1. The van der Waals surface area contributed by atoms with E-state index in [4.69, 9.17) is 22.1 Å². The fourth-order valence-electron chi connectivity index (χ4n) is 3.18. The summed E-state index contributed by atoms with van der Waals surface area (Å²) in [5.74, 6) is 1.41. The van der Waals surface area contributed by atoms with Gasteiger partial charge in [-0.2, -0.15) is 5.10 Å². The lowest BCUT2D eigenvalue weighted by molar-refractivity contribution is 0.0984. The number of hydrogen-bond donors (Lipinski definition) is 1. The first-order valence-electron chi connectivity index (χ1n) is 7.38. The first kappa shape index (κ1) is 13.8. The van der Waals surface area contributed by atoms with Gasteiger partial charge in [0.25, 0.3) is 0 Å². The number of morpholine rings is 1. The second kappa shape index (κ2) is 5.10. The van der Waals surface area contributed by atoms with Gasteiger partial charge in [0, 0.05) is 24.7 Å². The maximum absolute atomic E-state index is 6.18. The van der Waals surface area contributed by atoms with E-state index in [9.17, 15) is 0 Å². The molecule has 0 saturated carbocycles. The number of fused-ring (bicyclic) bond motifs is 3. The molecule has 2 N–H and O–H groups in total. The van der Waals surface area contributed by atoms with E-state index in [0.29, 0.717) is 19.0 Å². The molecule has 0 bridgehead atoms. The van der Waals surface area contributed by atoms with E-state index in [2.05, 4.69) is 26.9 Å². The zero-order valence-electron chi connectivity index (χ0n) is 12.3. The van der Waals surface area contributed by atoms with Crippen molar-refractivity contribution in [3.05, 3.63) is 16.9 Å². The number of anilines is 2. The standard InChI is InChI=1S/C14H17ClN6O/c1-8-7-22-5-4-20(8)13-9-2-3-21-10(6-11(16)19-21)12(9)17-14(15)18-13/h6,8H,2-5,7H2,1H3,(H2,16,19)/t8-/m0/s1. The van der Waals surface area contributed by atoms with Crippen LogP contribution in [0.2, 0.25) is 5.28 Å². The number of nitrogens with two attached hydrogens (primary N) is 1. The summed E-state index contributed by atoms with van der Waals surface area (Å²) < 4.78 is 7.40. The van der Waals surface area contributed by atoms with Crippen molar-refractivity contribution < 1.29 is 4.74 Å². The van der Waals surface area contributed by atoms with Gasteiger partial charge < -0.3 is 15.4 Å². The van der Waals surface area contributed by atoms with Gasteiger partial charge in [0.05, 0.1) is 30.6 Å². The number of aryl methyl sites for hydroxylation is 1. The molecule has 0 aliphatic carbocycles. The Balaban J connectivity index is 1.86. The number of nitrogen functional groups attached to an aromatic ring is 1. The van der Waals surface area contributed by atoms with Crippen LogP contribution in [0.1, 0.15) is 12.5 Å². The van der Waals surface area contributed by atoms with Crippen LogP contribution in [0.4, 0.5) is 11.6 Å². The molecule has 0 aromatic carbocycles. The summed E-state index contributed by atoms with van der Waals surface area (Å²) in [5.41, 5.74) is 8.68. The first-order valence-corrected chi connectivity index (χ1v) is 7.76. The fraction of sp³-hybridized carbons (Fsp3) is 0.500. The molecule has 116 valence electrons. The Morgan fingerprint density at radius 2 is 2.23 bits per heavy atom. The molecule has 0 radical (unpaired) electrons. The monoisotopic (exact) mass is 320 g/mol. The molecule has 2 aromatic rings. The Hall–Kier alpha value is -1.86. The molecule has 2 aliphatic heterocycles. The fourth-order valence-corrected chi connectivity index (χ4v) is 3.35. The highest BCUT2D eigenvalue weighted by atomic mass is 35.5. The Kier molecular flexibility index (Phi) is 3.19. The molecular weight excluding hydrogens is 304 g/mol. The Labute approximate surface area is 133 Å². The summed E-state index contributed by atoms with van der Waals surface area (Å²) in [7, 11) is 0. The van der Waals surface area contributed by atoms with Crippen LogP contribution in [0.15, 0.2) is 6.07 Å². The van der Waals surface area contributed by atoms with E-state index >= 15 is 0 Å². The van der Waals surface area contributed by atoms with E-state index in [1.807, 2.05) is 10.7 Å². The number of aromatic nitrogens is 4. The van der Waals surface area contributed by atoms with Crippen molar-refractivity contribution in [2.24, 2.45) is 0 Å². The minimum absolute atomic E-state index is 0.251. The first-order chi connectivity index (χ1) is 10.6. The van der Waals surface area contributed by atoms with Gasteiger partial charge >= 0.3 is 0 Å². The third kappa shape index (κ3) is 2.12. The molecule has 0 amide bonds. The quantitative estimate of drug-likeness (QED) is 0.799. The molecule has 4 heterocycles. The maximum atomic E-state index is 6.18. The zero-order chi connectivity index (χ0) is 15.3. The van der Waals surface area contributed by atoms with Gasteiger partial charge in [-0.15, -0.1) is 0 Å². The largest absolute Gasteiger partial charge is 0.382 e. The second-order valence-corrected chi connectivity index (χ2v) is 6.03. The van der Waals surface area contributed by atoms with Crippen molar-refractivity contribution >= 4 is 23.2 Å². The number of nitrogens with zero attached hydrogens (tertiary/aromatic N) is 5. The summed E-state index contributed by atoms with van der Waals surface area (Å²) >= 11 is 6.18. The summed E-state index contributed by atoms with van der Waals surface area (Å²) in [6.45, 7) is 5.11. The van der Waals surface area contributed by atoms with Gasteiger partial charge in [-0.25, -0.2) is 9.97 Å². The lowest BCUT2D eigenvalue weighted by Crippen LogP contribution is -2.45. The highest BCUT2D eigenvalue weighted by Gasteiger charge is 2.29. The molecule has 1 fully saturated rings. The van der Waals surface area contributed by atoms with Gasteiger partial charge in [-0.3, -0.25) is 4.68 Å². The van der Waals surface area contributed by atoms with Crippen molar-refractivity contribution in [3.8, 4) is 11.4 Å². The van der Waals surface area contributed by atoms with Crippen LogP contribution >= 0.6 is 11.6 Å². The SMILES string of the molecule is C[C@H]1COCCN1c1nc(Cl)nc2c1CCn1nc(N)cc1-2. The minimum Gasteiger partial charge on any atom is -0.382 e. The smallest absolute Gasteiger partial charge is 0.224 e. The van der Waals surface area contributed by atoms with Crippen LogP contribution in [0, 0.1) is 0 Å². The summed E-state index contributed by atoms with van der Waals surface area (Å²) in [5, 5.41) is 4.54. The predicted molar refractivity (Wildman–Crippen MR) is 84.0 cm³/mol. The third-order valence-corrected chi connectivity index (χ3v) is 4.38. The van der Waals surface area contributed by atoms with Crippen LogP contribution in [-0.4, -0.2) is 45.5 Å². The van der Waals surface area contributed by atoms with Gasteiger partial charge in [0.1, 0.15) is 11.6 Å². The molecule has 0 unspecified atom stereocenters. The molecule has 4 rings (SSSR count). The molecule has 2 aromatic heterocycles. The average molecular weight is 321 g/mol. The average Bonchev–Trinajstić information content (AvgIpc) is 2.88. The minimum atomic E-state index is 0.251. The molecule has 1 saturated heterocycles. The van der Waals surface area contributed by atoms with Gasteiger partial charge in [0.15, 0.2) is 0 Å². The molecular formula is C14H17ClN6O. The van der Waals surface area contributed by atoms with Crippen LogP contribution in [0.3, 0.4) is 0 Å². The van der Waals surface area contributed by atoms with E-state index in [1.165, 1.54) is 0 Å². The van der Waals surface area contributed by atoms with E-state index in [-0.39, 0.29) is 11.3 Å². The lowest BCUT2D eigenvalue weighted by atomic mass is 10.0. The van der Waals surface area contributed by atoms with Crippen LogP contribution in [0.5, 0.6) is 0 Å². The van der Waals surface area contributed by atoms with Crippen LogP contribution in [-0.2, 0) is 17.7 Å². The summed E-state index contributed by atoms with van der Waals surface area (Å²) in [6.07, 6.45) is 0.819. The Morgan fingerprint density at radius 3 is 3.05 bits per heavy atom. The van der Waals surface area contributed by atoms with Crippen molar-refractivity contribution in [1.82, 2.24) is 19.7 Å². The normalized spacial score (nSPS) is 20.6. The van der Waals surface area contributed by atoms with E-state index < -0.39 is 0 Å². The van der Waals surface area contributed by atoms with Crippen LogP contribution < -0.4 is 10.6 Å². The molecule has 7 nitrogen and oxygen atoms in total.